The lowest BCUT2D eigenvalue weighted by atomic mass is 10.1. The first-order valence-corrected chi connectivity index (χ1v) is 14.2. The molecule has 0 bridgehead atoms. The molecule has 0 amide bonds. The Morgan fingerprint density at radius 1 is 0.690 bits per heavy atom. The molecule has 8 nitrogen and oxygen atoms in total. The zero-order chi connectivity index (χ0) is 30.2. The van der Waals surface area contributed by atoms with Crippen LogP contribution in [-0.2, 0) is 16.0 Å². The number of aryl methyl sites for hydroxylation is 1. The number of ether oxygens (including phenoxy) is 5. The molecule has 0 heterocycles. The smallest absolute Gasteiger partial charge is 0.343 e. The average molecular weight is 575 g/mol. The predicted octanol–water partition coefficient (Wildman–Crippen LogP) is 7.14. The van der Waals surface area contributed by atoms with Crippen LogP contribution in [0.15, 0.2) is 79.4 Å². The van der Waals surface area contributed by atoms with Gasteiger partial charge in [0, 0.05) is 6.08 Å². The Kier molecular flexibility index (Phi) is 13.1. The van der Waals surface area contributed by atoms with Gasteiger partial charge in [0.2, 0.25) is 0 Å². The number of carbonyl (C=O) groups excluding carboxylic acids is 3. The standard InChI is InChI=1S/C34H38O8/c1-4-25-12-17-28(18-13-25)41-33(36)26-14-19-29(20-15-26)42-34(37)27-16-21-30(31(24-27)38-3)39-22-10-8-6-7-9-11-23-40-32(35)5-2/h5,12-21,24H,2,4,6-11,22-23H2,1,3H3. The van der Waals surface area contributed by atoms with Crippen LogP contribution < -0.4 is 18.9 Å². The quantitative estimate of drug-likeness (QED) is 0.0726. The topological polar surface area (TPSA) is 97.4 Å². The van der Waals surface area contributed by atoms with Crippen LogP contribution in [0.5, 0.6) is 23.0 Å². The van der Waals surface area contributed by atoms with Crippen molar-refractivity contribution >= 4 is 17.9 Å². The van der Waals surface area contributed by atoms with E-state index in [0.29, 0.717) is 47.3 Å². The SMILES string of the molecule is C=CC(=O)OCCCCCCCCOc1ccc(C(=O)Oc2ccc(C(=O)Oc3ccc(CC)cc3)cc2)cc1OC. The highest BCUT2D eigenvalue weighted by molar-refractivity contribution is 5.93. The van der Waals surface area contributed by atoms with E-state index in [1.54, 1.807) is 54.6 Å². The summed E-state index contributed by atoms with van der Waals surface area (Å²) in [6.45, 7) is 6.37. The van der Waals surface area contributed by atoms with Gasteiger partial charge >= 0.3 is 17.9 Å². The molecule has 0 saturated heterocycles. The number of rotatable bonds is 17. The fourth-order valence-electron chi connectivity index (χ4n) is 4.02. The van der Waals surface area contributed by atoms with Crippen molar-refractivity contribution in [2.45, 2.75) is 51.9 Å². The van der Waals surface area contributed by atoms with Gasteiger partial charge in [0.15, 0.2) is 11.5 Å². The normalized spacial score (nSPS) is 10.4. The molecule has 222 valence electrons. The van der Waals surface area contributed by atoms with Gasteiger partial charge in [-0.2, -0.15) is 0 Å². The van der Waals surface area contributed by atoms with Crippen LogP contribution in [0, 0.1) is 0 Å². The Hall–Kier alpha value is -4.59. The van der Waals surface area contributed by atoms with Gasteiger partial charge in [-0.3, -0.25) is 0 Å². The van der Waals surface area contributed by atoms with Crippen molar-refractivity contribution in [3.8, 4) is 23.0 Å². The lowest BCUT2D eigenvalue weighted by molar-refractivity contribution is -0.137. The summed E-state index contributed by atoms with van der Waals surface area (Å²) < 4.78 is 27.1. The number of methoxy groups -OCH3 is 1. The number of esters is 3. The van der Waals surface area contributed by atoms with Crippen LogP contribution in [0.1, 0.15) is 71.7 Å². The van der Waals surface area contributed by atoms with Crippen LogP contribution in [-0.4, -0.2) is 38.2 Å². The first kappa shape index (κ1) is 31.9. The summed E-state index contributed by atoms with van der Waals surface area (Å²) in [6.07, 6.45) is 7.94. The van der Waals surface area contributed by atoms with Crippen molar-refractivity contribution in [3.63, 3.8) is 0 Å². The largest absolute Gasteiger partial charge is 0.493 e. The lowest BCUT2D eigenvalue weighted by Crippen LogP contribution is -2.10. The summed E-state index contributed by atoms with van der Waals surface area (Å²) in [5.74, 6) is 0.292. The van der Waals surface area contributed by atoms with Gasteiger partial charge in [-0.05, 0) is 79.4 Å². The average Bonchev–Trinajstić information content (AvgIpc) is 3.02. The Balaban J connectivity index is 1.41. The number of carbonyl (C=O) groups is 3. The van der Waals surface area contributed by atoms with Gasteiger partial charge in [0.1, 0.15) is 11.5 Å². The van der Waals surface area contributed by atoms with Crippen molar-refractivity contribution in [2.24, 2.45) is 0 Å². The minimum absolute atomic E-state index is 0.293. The Labute approximate surface area is 247 Å². The van der Waals surface area contributed by atoms with Crippen LogP contribution in [0.2, 0.25) is 0 Å². The molecule has 0 aromatic heterocycles. The van der Waals surface area contributed by atoms with E-state index in [4.69, 9.17) is 23.7 Å². The van der Waals surface area contributed by atoms with Crippen molar-refractivity contribution in [1.82, 2.24) is 0 Å². The van der Waals surface area contributed by atoms with Crippen molar-refractivity contribution < 1.29 is 38.1 Å². The molecule has 3 aromatic carbocycles. The Bertz CT molecular complexity index is 1310. The third kappa shape index (κ3) is 10.4. The summed E-state index contributed by atoms with van der Waals surface area (Å²) in [6, 6.07) is 18.4. The molecule has 0 fully saturated rings. The number of hydrogen-bond acceptors (Lipinski definition) is 8. The molecule has 3 aromatic rings. The molecule has 0 aliphatic rings. The summed E-state index contributed by atoms with van der Waals surface area (Å²) in [5.41, 5.74) is 1.79. The molecular formula is C34H38O8. The summed E-state index contributed by atoms with van der Waals surface area (Å²) in [5, 5.41) is 0. The Morgan fingerprint density at radius 2 is 1.24 bits per heavy atom. The second-order valence-corrected chi connectivity index (χ2v) is 9.51. The second-order valence-electron chi connectivity index (χ2n) is 9.51. The van der Waals surface area contributed by atoms with Crippen molar-refractivity contribution in [1.29, 1.82) is 0 Å². The monoisotopic (exact) mass is 574 g/mol. The maximum Gasteiger partial charge on any atom is 0.343 e. The van der Waals surface area contributed by atoms with Gasteiger partial charge in [-0.1, -0.05) is 51.3 Å². The highest BCUT2D eigenvalue weighted by Crippen LogP contribution is 2.29. The number of hydrogen-bond donors (Lipinski definition) is 0. The zero-order valence-electron chi connectivity index (χ0n) is 24.3. The van der Waals surface area contributed by atoms with Gasteiger partial charge in [0.25, 0.3) is 0 Å². The fraction of sp³-hybridized carbons (Fsp3) is 0.324. The second kappa shape index (κ2) is 17.3. The predicted molar refractivity (Wildman–Crippen MR) is 160 cm³/mol. The summed E-state index contributed by atoms with van der Waals surface area (Å²) in [4.78, 5) is 36.2. The zero-order valence-corrected chi connectivity index (χ0v) is 24.3. The van der Waals surface area contributed by atoms with E-state index in [1.165, 1.54) is 13.2 Å². The van der Waals surface area contributed by atoms with Crippen LogP contribution in [0.25, 0.3) is 0 Å². The third-order valence-electron chi connectivity index (χ3n) is 6.45. The number of unbranched alkanes of at least 4 members (excludes halogenated alkanes) is 5. The van der Waals surface area contributed by atoms with Crippen LogP contribution >= 0.6 is 0 Å². The highest BCUT2D eigenvalue weighted by atomic mass is 16.5. The van der Waals surface area contributed by atoms with Crippen molar-refractivity contribution in [3.05, 3.63) is 96.1 Å². The molecule has 0 aliphatic heterocycles. The minimum atomic E-state index is -0.564. The third-order valence-corrected chi connectivity index (χ3v) is 6.45. The van der Waals surface area contributed by atoms with E-state index in [9.17, 15) is 14.4 Å². The van der Waals surface area contributed by atoms with Crippen LogP contribution in [0.4, 0.5) is 0 Å². The molecule has 42 heavy (non-hydrogen) atoms. The maximum absolute atomic E-state index is 12.7. The minimum Gasteiger partial charge on any atom is -0.493 e. The first-order valence-electron chi connectivity index (χ1n) is 14.2. The van der Waals surface area contributed by atoms with E-state index in [0.717, 1.165) is 50.5 Å². The van der Waals surface area contributed by atoms with Gasteiger partial charge in [-0.25, -0.2) is 14.4 Å². The van der Waals surface area contributed by atoms with Gasteiger partial charge in [-0.15, -0.1) is 0 Å². The summed E-state index contributed by atoms with van der Waals surface area (Å²) >= 11 is 0. The van der Waals surface area contributed by atoms with E-state index in [1.807, 2.05) is 12.1 Å². The van der Waals surface area contributed by atoms with E-state index in [2.05, 4.69) is 13.5 Å². The van der Waals surface area contributed by atoms with Crippen LogP contribution in [0.3, 0.4) is 0 Å². The van der Waals surface area contributed by atoms with Crippen molar-refractivity contribution in [2.75, 3.05) is 20.3 Å². The molecule has 0 saturated carbocycles. The molecule has 0 spiro atoms. The molecular weight excluding hydrogens is 536 g/mol. The maximum atomic E-state index is 12.7. The summed E-state index contributed by atoms with van der Waals surface area (Å²) in [7, 11) is 1.51. The molecule has 0 radical (unpaired) electrons. The molecule has 3 rings (SSSR count). The molecule has 8 heteroatoms. The molecule has 0 atom stereocenters. The van der Waals surface area contributed by atoms with Gasteiger partial charge < -0.3 is 23.7 Å². The lowest BCUT2D eigenvalue weighted by Gasteiger charge is -2.12. The Morgan fingerprint density at radius 3 is 1.83 bits per heavy atom. The highest BCUT2D eigenvalue weighted by Gasteiger charge is 2.15. The first-order chi connectivity index (χ1) is 20.4. The molecule has 0 N–H and O–H groups in total. The number of benzene rings is 3. The molecule has 0 unspecified atom stereocenters. The van der Waals surface area contributed by atoms with E-state index < -0.39 is 11.9 Å². The van der Waals surface area contributed by atoms with Gasteiger partial charge in [0.05, 0.1) is 31.5 Å². The van der Waals surface area contributed by atoms with E-state index in [-0.39, 0.29) is 5.97 Å². The molecule has 0 aliphatic carbocycles. The fourth-order valence-corrected chi connectivity index (χ4v) is 4.02. The van der Waals surface area contributed by atoms with E-state index >= 15 is 0 Å².